The highest BCUT2D eigenvalue weighted by Crippen LogP contribution is 2.28. The van der Waals surface area contributed by atoms with Crippen LogP contribution < -0.4 is 0 Å². The molecule has 2 unspecified atom stereocenters. The number of nitrogens with one attached hydrogen (secondary N) is 2. The summed E-state index contributed by atoms with van der Waals surface area (Å²) in [6.45, 7) is -0.186. The van der Waals surface area contributed by atoms with Crippen molar-refractivity contribution in [3.05, 3.63) is 173 Å². The molecule has 0 radical (unpaired) electrons. The van der Waals surface area contributed by atoms with E-state index in [2.05, 4.69) is 15.0 Å². The van der Waals surface area contributed by atoms with E-state index in [0.29, 0.717) is 11.1 Å². The van der Waals surface area contributed by atoms with Gasteiger partial charge in [-0.1, -0.05) is 97.1 Å². The monoisotopic (exact) mass is 720 g/mol. The summed E-state index contributed by atoms with van der Waals surface area (Å²) in [6, 6.07) is 32.9. The number of pyridine rings is 1. The molecule has 0 saturated heterocycles. The summed E-state index contributed by atoms with van der Waals surface area (Å²) in [5.74, 6) is -3.66. The summed E-state index contributed by atoms with van der Waals surface area (Å²) in [6.07, 6.45) is 4.61. The maximum atomic E-state index is 15.0. The van der Waals surface area contributed by atoms with Gasteiger partial charge in [-0.05, 0) is 46.5 Å². The lowest BCUT2D eigenvalue weighted by molar-refractivity contribution is -0.157. The molecule has 0 fully saturated rings. The predicted octanol–water partition coefficient (Wildman–Crippen LogP) is 6.89. The molecule has 0 saturated carbocycles. The molecule has 3 heterocycles. The van der Waals surface area contributed by atoms with Crippen molar-refractivity contribution in [2.24, 2.45) is 0 Å². The number of aromatic carboxylic acids is 1. The van der Waals surface area contributed by atoms with Crippen LogP contribution in [0.15, 0.2) is 140 Å². The number of amides is 1. The van der Waals surface area contributed by atoms with Crippen LogP contribution in [0.2, 0.25) is 0 Å². The quantitative estimate of drug-likeness (QED) is 0.103. The molecule has 3 aromatic heterocycles. The molecule has 0 aliphatic rings. The van der Waals surface area contributed by atoms with E-state index in [1.165, 1.54) is 12.3 Å². The summed E-state index contributed by atoms with van der Waals surface area (Å²) >= 11 is 0. The van der Waals surface area contributed by atoms with E-state index in [1.807, 2.05) is 109 Å². The van der Waals surface area contributed by atoms with Crippen molar-refractivity contribution in [1.82, 2.24) is 19.9 Å². The first-order chi connectivity index (χ1) is 26.4. The van der Waals surface area contributed by atoms with Crippen LogP contribution in [-0.2, 0) is 45.1 Å². The van der Waals surface area contributed by atoms with Crippen LogP contribution in [-0.4, -0.2) is 60.9 Å². The minimum absolute atomic E-state index is 0.0572. The lowest BCUT2D eigenvalue weighted by Gasteiger charge is -2.35. The Bertz CT molecular complexity index is 2290. The third kappa shape index (κ3) is 7.90. The number of carboxylic acid groups (broad SMARTS) is 1. The molecule has 0 aliphatic carbocycles. The van der Waals surface area contributed by atoms with Crippen molar-refractivity contribution in [2.75, 3.05) is 0 Å². The molecule has 7 aromatic rings. The largest absolute Gasteiger partial charge is 0.478 e. The fourth-order valence-electron chi connectivity index (χ4n) is 6.57. The topological polar surface area (TPSA) is 155 Å². The highest BCUT2D eigenvalue weighted by Gasteiger charge is 2.42. The molecule has 7 rings (SSSR count). The second-order valence-electron chi connectivity index (χ2n) is 12.8. The van der Waals surface area contributed by atoms with Gasteiger partial charge in [-0.25, -0.2) is 14.4 Å². The van der Waals surface area contributed by atoms with Crippen LogP contribution in [0.1, 0.15) is 43.1 Å². The van der Waals surface area contributed by atoms with E-state index in [-0.39, 0.29) is 37.3 Å². The number of hydrogen-bond acceptors (Lipinski definition) is 7. The van der Waals surface area contributed by atoms with Crippen molar-refractivity contribution < 1.29 is 33.8 Å². The van der Waals surface area contributed by atoms with Crippen molar-refractivity contribution in [1.29, 1.82) is 0 Å². The molecular weight excluding hydrogens is 684 g/mol. The zero-order chi connectivity index (χ0) is 37.4. The van der Waals surface area contributed by atoms with E-state index >= 15 is 0 Å². The second-order valence-corrected chi connectivity index (χ2v) is 12.8. The van der Waals surface area contributed by atoms with Crippen molar-refractivity contribution in [2.45, 2.75) is 38.1 Å². The number of hydrogen-bond donors (Lipinski definition) is 3. The summed E-state index contributed by atoms with van der Waals surface area (Å²) in [4.78, 5) is 68.0. The molecule has 3 N–H and O–H groups in total. The number of ether oxygens (including phenoxy) is 2. The number of benzene rings is 4. The summed E-state index contributed by atoms with van der Waals surface area (Å²) in [7, 11) is 0. The van der Waals surface area contributed by atoms with Crippen molar-refractivity contribution in [3.8, 4) is 0 Å². The van der Waals surface area contributed by atoms with Gasteiger partial charge in [0.1, 0.15) is 31.0 Å². The predicted molar refractivity (Wildman–Crippen MR) is 201 cm³/mol. The number of carbonyl (C=O) groups excluding carboxylic acids is 3. The molecule has 11 nitrogen and oxygen atoms in total. The Morgan fingerprint density at radius 1 is 0.630 bits per heavy atom. The average molecular weight is 721 g/mol. The van der Waals surface area contributed by atoms with Crippen molar-refractivity contribution >= 4 is 45.6 Å². The zero-order valence-electron chi connectivity index (χ0n) is 29.1. The first kappa shape index (κ1) is 35.4. The number of rotatable bonds is 14. The normalized spacial score (nSPS) is 12.2. The molecule has 54 heavy (non-hydrogen) atoms. The molecule has 0 aliphatic heterocycles. The molecular formula is C43H36N4O7. The minimum Gasteiger partial charge on any atom is -0.478 e. The van der Waals surface area contributed by atoms with Gasteiger partial charge in [-0.15, -0.1) is 0 Å². The van der Waals surface area contributed by atoms with Gasteiger partial charge in [0.2, 0.25) is 0 Å². The van der Waals surface area contributed by atoms with Gasteiger partial charge in [0.25, 0.3) is 5.91 Å². The Balaban J connectivity index is 1.37. The molecule has 270 valence electrons. The maximum Gasteiger partial charge on any atom is 0.335 e. The van der Waals surface area contributed by atoms with Crippen LogP contribution in [0.4, 0.5) is 0 Å². The van der Waals surface area contributed by atoms with Crippen LogP contribution in [0.3, 0.4) is 0 Å². The van der Waals surface area contributed by atoms with Gasteiger partial charge in [-0.2, -0.15) is 0 Å². The SMILES string of the molecule is O=C(O)c1ccnc(C(=O)N(C(Cc2c[nH]c3ccccc23)C(=O)OCc2ccccc2)C(Cc2c[nH]c3ccccc23)C(=O)OCc2ccccc2)c1. The molecule has 1 amide bonds. The first-order valence-electron chi connectivity index (χ1n) is 17.4. The Kier molecular flexibility index (Phi) is 10.6. The van der Waals surface area contributed by atoms with E-state index in [0.717, 1.165) is 43.9 Å². The van der Waals surface area contributed by atoms with E-state index in [9.17, 15) is 24.3 Å². The molecule has 11 heteroatoms. The Hall–Kier alpha value is -7.01. The number of carbonyl (C=O) groups is 4. The van der Waals surface area contributed by atoms with Gasteiger partial charge < -0.3 is 29.4 Å². The number of esters is 2. The van der Waals surface area contributed by atoms with Gasteiger partial charge in [0.15, 0.2) is 0 Å². The van der Waals surface area contributed by atoms with Gasteiger partial charge in [0.05, 0.1) is 5.56 Å². The van der Waals surface area contributed by atoms with E-state index in [4.69, 9.17) is 9.47 Å². The van der Waals surface area contributed by atoms with Crippen LogP contribution in [0.25, 0.3) is 21.8 Å². The van der Waals surface area contributed by atoms with Gasteiger partial charge >= 0.3 is 17.9 Å². The number of aromatic amines is 2. The summed E-state index contributed by atoms with van der Waals surface area (Å²) in [5.41, 5.74) is 4.01. The maximum absolute atomic E-state index is 15.0. The Labute approximate surface area is 310 Å². The first-order valence-corrected chi connectivity index (χ1v) is 17.4. The molecule has 0 bridgehead atoms. The smallest absolute Gasteiger partial charge is 0.335 e. The lowest BCUT2D eigenvalue weighted by atomic mass is 9.97. The number of aromatic nitrogens is 3. The standard InChI is InChI=1S/C43H36N4O7/c48-40(37-21-30(41(49)50)19-20-44-37)47(38(42(51)53-26-28-11-3-1-4-12-28)22-31-24-45-35-17-9-7-15-33(31)35)39(43(52)54-27-29-13-5-2-6-14-29)23-32-25-46-36-18-10-8-16-34(32)36/h1-21,24-25,38-39,45-46H,22-23,26-27H2,(H,49,50). The fourth-order valence-corrected chi connectivity index (χ4v) is 6.57. The van der Waals surface area contributed by atoms with E-state index < -0.39 is 35.9 Å². The third-order valence-electron chi connectivity index (χ3n) is 9.30. The van der Waals surface area contributed by atoms with E-state index in [1.54, 1.807) is 12.4 Å². The number of carboxylic acids is 1. The minimum atomic E-state index is -1.39. The highest BCUT2D eigenvalue weighted by molar-refractivity contribution is 6.00. The lowest BCUT2D eigenvalue weighted by Crippen LogP contribution is -2.56. The molecule has 2 atom stereocenters. The number of H-pyrrole nitrogens is 2. The Morgan fingerprint density at radius 3 is 1.57 bits per heavy atom. The summed E-state index contributed by atoms with van der Waals surface area (Å²) < 4.78 is 11.9. The fraction of sp³-hybridized carbons (Fsp3) is 0.140. The Morgan fingerprint density at radius 2 is 1.09 bits per heavy atom. The van der Waals surface area contributed by atoms with Crippen LogP contribution in [0.5, 0.6) is 0 Å². The number of nitrogens with zero attached hydrogens (tertiary/aromatic N) is 2. The highest BCUT2D eigenvalue weighted by atomic mass is 16.5. The zero-order valence-corrected chi connectivity index (χ0v) is 29.1. The van der Waals surface area contributed by atoms with Gasteiger partial charge in [0, 0.05) is 53.2 Å². The summed E-state index contributed by atoms with van der Waals surface area (Å²) in [5, 5.41) is 11.4. The molecule has 4 aromatic carbocycles. The van der Waals surface area contributed by atoms with Crippen LogP contribution >= 0.6 is 0 Å². The van der Waals surface area contributed by atoms with Crippen molar-refractivity contribution in [3.63, 3.8) is 0 Å². The number of para-hydroxylation sites is 2. The van der Waals surface area contributed by atoms with Crippen LogP contribution in [0, 0.1) is 0 Å². The van der Waals surface area contributed by atoms with Gasteiger partial charge in [-0.3, -0.25) is 9.78 Å². The third-order valence-corrected chi connectivity index (χ3v) is 9.30. The molecule has 0 spiro atoms. The second kappa shape index (κ2) is 16.1. The number of fused-ring (bicyclic) bond motifs is 2. The average Bonchev–Trinajstić information content (AvgIpc) is 3.83.